The van der Waals surface area contributed by atoms with Gasteiger partial charge in [-0.25, -0.2) is 0 Å². The molecule has 0 spiro atoms. The van der Waals surface area contributed by atoms with Crippen LogP contribution in [0.1, 0.15) is 25.1 Å². The van der Waals surface area contributed by atoms with Crippen LogP contribution in [0.4, 0.5) is 5.69 Å². The Morgan fingerprint density at radius 2 is 2.22 bits per heavy atom. The average Bonchev–Trinajstić information content (AvgIpc) is 3.22. The molecule has 6 nitrogen and oxygen atoms in total. The molecule has 2 atom stereocenters. The molecule has 1 saturated heterocycles. The van der Waals surface area contributed by atoms with Crippen LogP contribution in [0.25, 0.3) is 0 Å². The molecule has 1 aromatic carbocycles. The zero-order valence-corrected chi connectivity index (χ0v) is 13.4. The number of aromatic nitrogens is 2. The number of hydrogen-bond donors (Lipinski definition) is 2. The number of ether oxygens (including phenoxy) is 1. The quantitative estimate of drug-likeness (QED) is 0.656. The summed E-state index contributed by atoms with van der Waals surface area (Å²) >= 11 is 0. The van der Waals surface area contributed by atoms with Gasteiger partial charge in [0, 0.05) is 37.5 Å². The summed E-state index contributed by atoms with van der Waals surface area (Å²) in [6.45, 7) is 4.33. The highest BCUT2D eigenvalue weighted by atomic mass is 16.5. The van der Waals surface area contributed by atoms with Crippen LogP contribution in [0.15, 0.2) is 47.6 Å². The summed E-state index contributed by atoms with van der Waals surface area (Å²) in [5, 5.41) is 7.44. The lowest BCUT2D eigenvalue weighted by Gasteiger charge is -2.18. The Kier molecular flexibility index (Phi) is 4.92. The predicted molar refractivity (Wildman–Crippen MR) is 91.3 cm³/mol. The van der Waals surface area contributed by atoms with Gasteiger partial charge in [0.05, 0.1) is 5.69 Å². The minimum Gasteiger partial charge on any atom is -0.372 e. The molecule has 1 aliphatic heterocycles. The highest BCUT2D eigenvalue weighted by Crippen LogP contribution is 2.34. The molecular weight excluding hydrogens is 290 g/mol. The van der Waals surface area contributed by atoms with Crippen LogP contribution in [0.5, 0.6) is 0 Å². The third kappa shape index (κ3) is 3.71. The molecule has 0 radical (unpaired) electrons. The second kappa shape index (κ2) is 7.28. The fourth-order valence-electron chi connectivity index (χ4n) is 2.92. The second-order valence-corrected chi connectivity index (χ2v) is 5.63. The number of benzene rings is 1. The molecule has 23 heavy (non-hydrogen) atoms. The fraction of sp³-hybridized carbons (Fsp3) is 0.412. The van der Waals surface area contributed by atoms with E-state index in [4.69, 9.17) is 10.5 Å². The Balaban J connectivity index is 1.63. The molecule has 0 amide bonds. The Morgan fingerprint density at radius 1 is 1.39 bits per heavy atom. The highest BCUT2D eigenvalue weighted by molar-refractivity contribution is 5.92. The lowest BCUT2D eigenvalue weighted by atomic mass is 9.99. The standard InChI is InChI=1S/C17H23N5O/c1-2-22-15(8-10-20-22)16-13(9-11-23-16)12-19-17(18)21-14-6-4-3-5-7-14/h3-8,10,13,16H,2,9,11-12H2,1H3,(H3,18,19,21)/t13-,16+/m0/s1. The SMILES string of the molecule is CCn1nccc1[C@@H]1OCC[C@H]1CN=C(N)Nc1ccccc1. The van der Waals surface area contributed by atoms with Gasteiger partial charge in [0.25, 0.3) is 0 Å². The number of para-hydroxylation sites is 1. The van der Waals surface area contributed by atoms with E-state index in [1.807, 2.05) is 47.3 Å². The van der Waals surface area contributed by atoms with E-state index in [1.165, 1.54) is 0 Å². The summed E-state index contributed by atoms with van der Waals surface area (Å²) in [6.07, 6.45) is 2.86. The summed E-state index contributed by atoms with van der Waals surface area (Å²) in [7, 11) is 0. The molecule has 0 bridgehead atoms. The van der Waals surface area contributed by atoms with E-state index in [2.05, 4.69) is 22.3 Å². The second-order valence-electron chi connectivity index (χ2n) is 5.63. The first-order chi connectivity index (χ1) is 11.3. The van der Waals surface area contributed by atoms with Gasteiger partial charge in [0.2, 0.25) is 0 Å². The number of anilines is 1. The number of nitrogens with two attached hydrogens (primary N) is 1. The van der Waals surface area contributed by atoms with Crippen molar-refractivity contribution in [3.05, 3.63) is 48.3 Å². The van der Waals surface area contributed by atoms with Crippen LogP contribution in [-0.4, -0.2) is 28.9 Å². The molecule has 3 N–H and O–H groups in total. The van der Waals surface area contributed by atoms with Crippen LogP contribution in [0, 0.1) is 5.92 Å². The van der Waals surface area contributed by atoms with Crippen LogP contribution in [0.2, 0.25) is 0 Å². The predicted octanol–water partition coefficient (Wildman–Crippen LogP) is 2.41. The largest absolute Gasteiger partial charge is 0.372 e. The lowest BCUT2D eigenvalue weighted by molar-refractivity contribution is 0.0851. The topological polar surface area (TPSA) is 77.5 Å². The summed E-state index contributed by atoms with van der Waals surface area (Å²) < 4.78 is 7.90. The van der Waals surface area contributed by atoms with E-state index in [9.17, 15) is 0 Å². The van der Waals surface area contributed by atoms with E-state index in [-0.39, 0.29) is 6.10 Å². The summed E-state index contributed by atoms with van der Waals surface area (Å²) in [5.74, 6) is 0.763. The van der Waals surface area contributed by atoms with Crippen LogP contribution in [-0.2, 0) is 11.3 Å². The van der Waals surface area contributed by atoms with E-state index < -0.39 is 0 Å². The van der Waals surface area contributed by atoms with Crippen LogP contribution < -0.4 is 11.1 Å². The maximum absolute atomic E-state index is 5.98. The van der Waals surface area contributed by atoms with Crippen molar-refractivity contribution in [1.82, 2.24) is 9.78 Å². The third-order valence-electron chi connectivity index (χ3n) is 4.10. The lowest BCUT2D eigenvalue weighted by Crippen LogP contribution is -2.24. The summed E-state index contributed by atoms with van der Waals surface area (Å²) in [5.41, 5.74) is 8.05. The van der Waals surface area contributed by atoms with Gasteiger partial charge in [0.15, 0.2) is 5.96 Å². The first-order valence-electron chi connectivity index (χ1n) is 8.03. The normalized spacial score (nSPS) is 21.5. The highest BCUT2D eigenvalue weighted by Gasteiger charge is 2.31. The van der Waals surface area contributed by atoms with Crippen LogP contribution >= 0.6 is 0 Å². The smallest absolute Gasteiger partial charge is 0.193 e. The number of aryl methyl sites for hydroxylation is 1. The molecular formula is C17H23N5O. The van der Waals surface area contributed by atoms with E-state index in [0.717, 1.165) is 31.0 Å². The molecule has 122 valence electrons. The third-order valence-corrected chi connectivity index (χ3v) is 4.10. The van der Waals surface area contributed by atoms with Crippen molar-refractivity contribution in [1.29, 1.82) is 0 Å². The van der Waals surface area contributed by atoms with E-state index in [0.29, 0.717) is 18.4 Å². The molecule has 0 aliphatic carbocycles. The molecule has 2 aromatic rings. The molecule has 1 aliphatic rings. The van der Waals surface area contributed by atoms with Gasteiger partial charge in [-0.15, -0.1) is 0 Å². The van der Waals surface area contributed by atoms with Crippen molar-refractivity contribution in [3.8, 4) is 0 Å². The Bertz CT molecular complexity index is 652. The minimum absolute atomic E-state index is 0.0470. The number of rotatable bonds is 5. The number of guanidine groups is 1. The molecule has 6 heteroatoms. The number of nitrogens with zero attached hydrogens (tertiary/aromatic N) is 3. The van der Waals surface area contributed by atoms with Gasteiger partial charge in [-0.2, -0.15) is 5.10 Å². The average molecular weight is 313 g/mol. The molecule has 0 saturated carbocycles. The van der Waals surface area contributed by atoms with Crippen LogP contribution in [0.3, 0.4) is 0 Å². The molecule has 0 unspecified atom stereocenters. The van der Waals surface area contributed by atoms with Gasteiger partial charge in [0.1, 0.15) is 6.10 Å². The van der Waals surface area contributed by atoms with Crippen molar-refractivity contribution >= 4 is 11.6 Å². The molecule has 1 aromatic heterocycles. The van der Waals surface area contributed by atoms with E-state index >= 15 is 0 Å². The molecule has 1 fully saturated rings. The molecule has 3 rings (SSSR count). The Labute approximate surface area is 136 Å². The fourth-order valence-corrected chi connectivity index (χ4v) is 2.92. The zero-order chi connectivity index (χ0) is 16.1. The van der Waals surface area contributed by atoms with Crippen molar-refractivity contribution < 1.29 is 4.74 Å². The zero-order valence-electron chi connectivity index (χ0n) is 13.4. The van der Waals surface area contributed by atoms with Gasteiger partial charge >= 0.3 is 0 Å². The Morgan fingerprint density at radius 3 is 3.00 bits per heavy atom. The van der Waals surface area contributed by atoms with E-state index in [1.54, 1.807) is 0 Å². The van der Waals surface area contributed by atoms with Gasteiger partial charge in [-0.3, -0.25) is 9.67 Å². The van der Waals surface area contributed by atoms with Crippen molar-refractivity contribution in [2.75, 3.05) is 18.5 Å². The maximum Gasteiger partial charge on any atom is 0.193 e. The monoisotopic (exact) mass is 313 g/mol. The van der Waals surface area contributed by atoms with Gasteiger partial charge in [-0.05, 0) is 31.5 Å². The maximum atomic E-state index is 5.98. The number of nitrogens with one attached hydrogen (secondary N) is 1. The van der Waals surface area contributed by atoms with Crippen molar-refractivity contribution in [2.24, 2.45) is 16.6 Å². The Hall–Kier alpha value is -2.34. The minimum atomic E-state index is 0.0470. The summed E-state index contributed by atoms with van der Waals surface area (Å²) in [4.78, 5) is 4.49. The van der Waals surface area contributed by atoms with Crippen molar-refractivity contribution in [3.63, 3.8) is 0 Å². The summed E-state index contributed by atoms with van der Waals surface area (Å²) in [6, 6.07) is 11.8. The number of aliphatic imine (C=N–C) groups is 1. The molecule has 2 heterocycles. The van der Waals surface area contributed by atoms with Gasteiger partial charge in [-0.1, -0.05) is 18.2 Å². The van der Waals surface area contributed by atoms with Gasteiger partial charge < -0.3 is 15.8 Å². The first kappa shape index (κ1) is 15.6. The van der Waals surface area contributed by atoms with Crippen molar-refractivity contribution in [2.45, 2.75) is 26.0 Å². The first-order valence-corrected chi connectivity index (χ1v) is 8.03. The number of hydrogen-bond acceptors (Lipinski definition) is 3.